The molecule has 0 unspecified atom stereocenters. The molecule has 0 atom stereocenters. The van der Waals surface area contributed by atoms with Crippen molar-refractivity contribution in [3.8, 4) is 0 Å². The van der Waals surface area contributed by atoms with Gasteiger partial charge >= 0.3 is 0 Å². The first-order valence-electron chi connectivity index (χ1n) is 6.14. The van der Waals surface area contributed by atoms with Crippen molar-refractivity contribution >= 4 is 0 Å². The van der Waals surface area contributed by atoms with Crippen molar-refractivity contribution in [3.63, 3.8) is 0 Å². The van der Waals surface area contributed by atoms with Crippen molar-refractivity contribution in [1.29, 1.82) is 0 Å². The summed E-state index contributed by atoms with van der Waals surface area (Å²) in [5.41, 5.74) is 7.67. The number of hydrogen-bond donors (Lipinski definition) is 1. The number of rotatable bonds is 4. The number of ether oxygens (including phenoxy) is 1. The van der Waals surface area contributed by atoms with Crippen LogP contribution in [0.2, 0.25) is 0 Å². The number of nitrogens with two attached hydrogens (primary N) is 1. The fourth-order valence-corrected chi connectivity index (χ4v) is 2.18. The summed E-state index contributed by atoms with van der Waals surface area (Å²) < 4.78 is 5.90. The highest BCUT2D eigenvalue weighted by molar-refractivity contribution is 5.15. The Morgan fingerprint density at radius 1 is 1.31 bits per heavy atom. The van der Waals surface area contributed by atoms with Crippen LogP contribution in [0, 0.1) is 0 Å². The van der Waals surface area contributed by atoms with Crippen molar-refractivity contribution in [3.05, 3.63) is 29.6 Å². The summed E-state index contributed by atoms with van der Waals surface area (Å²) in [6.07, 6.45) is 8.70. The van der Waals surface area contributed by atoms with Crippen molar-refractivity contribution in [2.75, 3.05) is 0 Å². The van der Waals surface area contributed by atoms with E-state index in [4.69, 9.17) is 10.5 Å². The largest absolute Gasteiger partial charge is 0.374 e. The first-order chi connectivity index (χ1) is 7.88. The SMILES string of the molecule is NCc1cc(COC2CCCCC2)ccn1. The Labute approximate surface area is 97.0 Å². The van der Waals surface area contributed by atoms with Crippen LogP contribution in [0.4, 0.5) is 0 Å². The standard InChI is InChI=1S/C13H20N2O/c14-9-12-8-11(6-7-15-12)10-16-13-4-2-1-3-5-13/h6-8,13H,1-5,9-10,14H2. The lowest BCUT2D eigenvalue weighted by atomic mass is 9.98. The van der Waals surface area contributed by atoms with Gasteiger partial charge in [-0.2, -0.15) is 0 Å². The second-order valence-electron chi connectivity index (χ2n) is 4.43. The summed E-state index contributed by atoms with van der Waals surface area (Å²) in [6, 6.07) is 4.03. The van der Waals surface area contributed by atoms with Gasteiger partial charge in [-0.15, -0.1) is 0 Å². The zero-order chi connectivity index (χ0) is 11.2. The van der Waals surface area contributed by atoms with Crippen molar-refractivity contribution < 1.29 is 4.74 Å². The van der Waals surface area contributed by atoms with Crippen molar-refractivity contribution in [2.45, 2.75) is 51.4 Å². The highest BCUT2D eigenvalue weighted by atomic mass is 16.5. The van der Waals surface area contributed by atoms with E-state index in [1.54, 1.807) is 0 Å². The smallest absolute Gasteiger partial charge is 0.0721 e. The molecule has 1 aromatic rings. The molecule has 0 saturated heterocycles. The molecule has 88 valence electrons. The molecule has 0 radical (unpaired) electrons. The molecular formula is C13H20N2O. The number of nitrogens with zero attached hydrogens (tertiary/aromatic N) is 1. The number of aromatic nitrogens is 1. The van der Waals surface area contributed by atoms with Crippen LogP contribution in [0.25, 0.3) is 0 Å². The molecule has 16 heavy (non-hydrogen) atoms. The van der Waals surface area contributed by atoms with Crippen molar-refractivity contribution in [2.24, 2.45) is 5.73 Å². The number of pyridine rings is 1. The summed E-state index contributed by atoms with van der Waals surface area (Å²) in [5.74, 6) is 0. The van der Waals surface area contributed by atoms with Gasteiger partial charge in [-0.05, 0) is 30.5 Å². The molecule has 1 saturated carbocycles. The Morgan fingerprint density at radius 3 is 2.88 bits per heavy atom. The Balaban J connectivity index is 1.83. The molecule has 0 aliphatic heterocycles. The Bertz CT molecular complexity index is 321. The van der Waals surface area contributed by atoms with Gasteiger partial charge in [0.25, 0.3) is 0 Å². The maximum absolute atomic E-state index is 5.90. The van der Waals surface area contributed by atoms with E-state index in [0.29, 0.717) is 19.3 Å². The van der Waals surface area contributed by atoms with Gasteiger partial charge in [-0.1, -0.05) is 19.3 Å². The third kappa shape index (κ3) is 3.29. The van der Waals surface area contributed by atoms with Crippen LogP contribution in [-0.4, -0.2) is 11.1 Å². The summed E-state index contributed by atoms with van der Waals surface area (Å²) in [5, 5.41) is 0. The second kappa shape index (κ2) is 5.97. The van der Waals surface area contributed by atoms with Crippen LogP contribution >= 0.6 is 0 Å². The summed E-state index contributed by atoms with van der Waals surface area (Å²) >= 11 is 0. The zero-order valence-electron chi connectivity index (χ0n) is 9.69. The van der Waals surface area contributed by atoms with E-state index in [1.807, 2.05) is 18.3 Å². The summed E-state index contributed by atoms with van der Waals surface area (Å²) in [7, 11) is 0. The van der Waals surface area contributed by atoms with E-state index in [0.717, 1.165) is 5.69 Å². The molecule has 1 aliphatic rings. The van der Waals surface area contributed by atoms with E-state index in [9.17, 15) is 0 Å². The first-order valence-corrected chi connectivity index (χ1v) is 6.14. The summed E-state index contributed by atoms with van der Waals surface area (Å²) in [6.45, 7) is 1.19. The average molecular weight is 220 g/mol. The van der Waals surface area contributed by atoms with E-state index in [1.165, 1.54) is 37.7 Å². The first kappa shape index (κ1) is 11.6. The number of hydrogen-bond acceptors (Lipinski definition) is 3. The third-order valence-electron chi connectivity index (χ3n) is 3.13. The van der Waals surface area contributed by atoms with Gasteiger partial charge in [-0.3, -0.25) is 4.98 Å². The zero-order valence-corrected chi connectivity index (χ0v) is 9.69. The maximum Gasteiger partial charge on any atom is 0.0721 e. The van der Waals surface area contributed by atoms with Crippen LogP contribution in [0.15, 0.2) is 18.3 Å². The van der Waals surface area contributed by atoms with Gasteiger partial charge in [0.1, 0.15) is 0 Å². The van der Waals surface area contributed by atoms with Crippen molar-refractivity contribution in [1.82, 2.24) is 4.98 Å². The van der Waals surface area contributed by atoms with Crippen LogP contribution < -0.4 is 5.73 Å². The molecule has 0 spiro atoms. The molecule has 3 heteroatoms. The Hall–Kier alpha value is -0.930. The highest BCUT2D eigenvalue weighted by Crippen LogP contribution is 2.21. The van der Waals surface area contributed by atoms with Gasteiger partial charge in [0.05, 0.1) is 18.4 Å². The molecular weight excluding hydrogens is 200 g/mol. The van der Waals surface area contributed by atoms with Gasteiger partial charge < -0.3 is 10.5 Å². The molecule has 1 fully saturated rings. The molecule has 2 rings (SSSR count). The highest BCUT2D eigenvalue weighted by Gasteiger charge is 2.13. The minimum absolute atomic E-state index is 0.461. The maximum atomic E-state index is 5.90. The Kier molecular flexibility index (Phi) is 4.31. The lowest BCUT2D eigenvalue weighted by Crippen LogP contribution is -2.16. The summed E-state index contributed by atoms with van der Waals surface area (Å²) in [4.78, 5) is 4.17. The monoisotopic (exact) mass is 220 g/mol. The molecule has 1 heterocycles. The van der Waals surface area contributed by atoms with Crippen LogP contribution in [0.3, 0.4) is 0 Å². The topological polar surface area (TPSA) is 48.1 Å². The van der Waals surface area contributed by atoms with Crippen LogP contribution in [-0.2, 0) is 17.9 Å². The van der Waals surface area contributed by atoms with Gasteiger partial charge in [0.15, 0.2) is 0 Å². The normalized spacial score (nSPS) is 17.6. The van der Waals surface area contributed by atoms with E-state index >= 15 is 0 Å². The molecule has 0 amide bonds. The molecule has 0 bridgehead atoms. The molecule has 3 nitrogen and oxygen atoms in total. The minimum atomic E-state index is 0.461. The molecule has 1 aliphatic carbocycles. The molecule has 1 aromatic heterocycles. The molecule has 0 aromatic carbocycles. The van der Waals surface area contributed by atoms with E-state index in [-0.39, 0.29) is 0 Å². The lowest BCUT2D eigenvalue weighted by Gasteiger charge is -2.22. The Morgan fingerprint density at radius 2 is 2.12 bits per heavy atom. The minimum Gasteiger partial charge on any atom is -0.374 e. The van der Waals surface area contributed by atoms with Gasteiger partial charge in [-0.25, -0.2) is 0 Å². The van der Waals surface area contributed by atoms with Gasteiger partial charge in [0, 0.05) is 12.7 Å². The fraction of sp³-hybridized carbons (Fsp3) is 0.615. The predicted molar refractivity (Wildman–Crippen MR) is 63.8 cm³/mol. The second-order valence-corrected chi connectivity index (χ2v) is 4.43. The quantitative estimate of drug-likeness (QED) is 0.847. The van der Waals surface area contributed by atoms with E-state index < -0.39 is 0 Å². The lowest BCUT2D eigenvalue weighted by molar-refractivity contribution is 0.0168. The van der Waals surface area contributed by atoms with Gasteiger partial charge in [0.2, 0.25) is 0 Å². The molecule has 2 N–H and O–H groups in total. The fourth-order valence-electron chi connectivity index (χ4n) is 2.18. The van der Waals surface area contributed by atoms with Crippen LogP contribution in [0.1, 0.15) is 43.4 Å². The third-order valence-corrected chi connectivity index (χ3v) is 3.13. The predicted octanol–water partition coefficient (Wildman–Crippen LogP) is 2.39. The van der Waals surface area contributed by atoms with Crippen LogP contribution in [0.5, 0.6) is 0 Å². The average Bonchev–Trinajstić information content (AvgIpc) is 2.38. The van der Waals surface area contributed by atoms with E-state index in [2.05, 4.69) is 4.98 Å².